The zero-order valence-electron chi connectivity index (χ0n) is 17.9. The van der Waals surface area contributed by atoms with Crippen LogP contribution in [0.4, 0.5) is 5.69 Å². The maximum Gasteiger partial charge on any atom is 0.251 e. The molecule has 5 nitrogen and oxygen atoms in total. The van der Waals surface area contributed by atoms with Crippen molar-refractivity contribution in [1.29, 1.82) is 0 Å². The molecule has 1 N–H and O–H groups in total. The van der Waals surface area contributed by atoms with Crippen LogP contribution in [0, 0.1) is 6.92 Å². The van der Waals surface area contributed by atoms with Gasteiger partial charge in [-0.25, -0.2) is 8.42 Å². The molecule has 0 radical (unpaired) electrons. The van der Waals surface area contributed by atoms with Gasteiger partial charge in [0.15, 0.2) is 0 Å². The van der Waals surface area contributed by atoms with Crippen LogP contribution in [0.3, 0.4) is 0 Å². The average Bonchev–Trinajstić information content (AvgIpc) is 2.77. The molecule has 0 aliphatic rings. The van der Waals surface area contributed by atoms with Crippen LogP contribution in [-0.4, -0.2) is 32.9 Å². The van der Waals surface area contributed by atoms with Gasteiger partial charge >= 0.3 is 0 Å². The fourth-order valence-electron chi connectivity index (χ4n) is 3.00. The molecule has 1 amide bonds. The van der Waals surface area contributed by atoms with Crippen LogP contribution in [-0.2, 0) is 16.6 Å². The number of hydrogen-bond donors (Lipinski definition) is 1. The van der Waals surface area contributed by atoms with E-state index in [4.69, 9.17) is 11.6 Å². The number of benzene rings is 3. The summed E-state index contributed by atoms with van der Waals surface area (Å²) in [5.74, 6) is 0.529. The van der Waals surface area contributed by atoms with Gasteiger partial charge in [0.1, 0.15) is 0 Å². The van der Waals surface area contributed by atoms with E-state index >= 15 is 0 Å². The topological polar surface area (TPSA) is 66.5 Å². The van der Waals surface area contributed by atoms with E-state index in [-0.39, 0.29) is 12.5 Å². The van der Waals surface area contributed by atoms with Crippen LogP contribution in [0.5, 0.6) is 0 Å². The number of thioether (sulfide) groups is 1. The molecule has 0 fully saturated rings. The van der Waals surface area contributed by atoms with E-state index < -0.39 is 10.0 Å². The Morgan fingerprint density at radius 2 is 1.59 bits per heavy atom. The van der Waals surface area contributed by atoms with Crippen molar-refractivity contribution in [1.82, 2.24) is 5.32 Å². The molecule has 0 saturated carbocycles. The van der Waals surface area contributed by atoms with E-state index in [1.54, 1.807) is 36.0 Å². The third kappa shape index (κ3) is 7.02. The fourth-order valence-corrected chi connectivity index (χ4v) is 4.79. The SMILES string of the molecule is Cc1ccc(CN(c2ccc(C(=O)NCCSc3ccc(Cl)cc3)cc2)S(C)(=O)=O)cc1. The van der Waals surface area contributed by atoms with E-state index in [9.17, 15) is 13.2 Å². The highest BCUT2D eigenvalue weighted by Gasteiger charge is 2.18. The second-order valence-electron chi connectivity index (χ2n) is 7.36. The Kier molecular flexibility index (Phi) is 8.23. The Hall–Kier alpha value is -2.48. The van der Waals surface area contributed by atoms with Crippen LogP contribution < -0.4 is 9.62 Å². The first-order chi connectivity index (χ1) is 15.2. The Labute approximate surface area is 198 Å². The third-order valence-corrected chi connectivity index (χ3v) is 7.14. The van der Waals surface area contributed by atoms with Gasteiger partial charge in [-0.1, -0.05) is 41.4 Å². The van der Waals surface area contributed by atoms with Crippen molar-refractivity contribution in [2.75, 3.05) is 22.9 Å². The summed E-state index contributed by atoms with van der Waals surface area (Å²) in [5, 5.41) is 3.58. The maximum absolute atomic E-state index is 12.4. The van der Waals surface area contributed by atoms with Crippen molar-refractivity contribution < 1.29 is 13.2 Å². The molecule has 0 spiro atoms. The van der Waals surface area contributed by atoms with Crippen LogP contribution in [0.15, 0.2) is 77.7 Å². The van der Waals surface area contributed by atoms with Crippen molar-refractivity contribution in [3.8, 4) is 0 Å². The number of hydrogen-bond acceptors (Lipinski definition) is 4. The van der Waals surface area contributed by atoms with E-state index in [0.29, 0.717) is 22.8 Å². The molecule has 0 atom stereocenters. The lowest BCUT2D eigenvalue weighted by Gasteiger charge is -2.23. The summed E-state index contributed by atoms with van der Waals surface area (Å²) in [7, 11) is -3.48. The van der Waals surface area contributed by atoms with E-state index in [2.05, 4.69) is 5.32 Å². The summed E-state index contributed by atoms with van der Waals surface area (Å²) >= 11 is 7.51. The van der Waals surface area contributed by atoms with Crippen molar-refractivity contribution in [2.24, 2.45) is 0 Å². The van der Waals surface area contributed by atoms with Gasteiger partial charge in [0.25, 0.3) is 5.91 Å². The van der Waals surface area contributed by atoms with Crippen molar-refractivity contribution in [2.45, 2.75) is 18.4 Å². The largest absolute Gasteiger partial charge is 0.351 e. The zero-order chi connectivity index (χ0) is 23.1. The minimum atomic E-state index is -3.48. The minimum Gasteiger partial charge on any atom is -0.351 e. The number of nitrogens with zero attached hydrogens (tertiary/aromatic N) is 1. The van der Waals surface area contributed by atoms with Gasteiger partial charge < -0.3 is 5.32 Å². The zero-order valence-corrected chi connectivity index (χ0v) is 20.3. The second-order valence-corrected chi connectivity index (χ2v) is 10.9. The summed E-state index contributed by atoms with van der Waals surface area (Å²) < 4.78 is 26.1. The quantitative estimate of drug-likeness (QED) is 0.334. The number of nitrogens with one attached hydrogen (secondary N) is 1. The first-order valence-electron chi connectivity index (χ1n) is 10.0. The number of sulfonamides is 1. The minimum absolute atomic E-state index is 0.197. The molecular formula is C24H25ClN2O3S2. The molecule has 0 saturated heterocycles. The predicted molar refractivity (Wildman–Crippen MR) is 133 cm³/mol. The van der Waals surface area contributed by atoms with Crippen LogP contribution in [0.2, 0.25) is 5.02 Å². The lowest BCUT2D eigenvalue weighted by molar-refractivity contribution is 0.0956. The highest BCUT2D eigenvalue weighted by atomic mass is 35.5. The van der Waals surface area contributed by atoms with E-state index in [0.717, 1.165) is 21.8 Å². The third-order valence-electron chi connectivity index (χ3n) is 4.73. The average molecular weight is 489 g/mol. The Morgan fingerprint density at radius 3 is 2.19 bits per heavy atom. The van der Waals surface area contributed by atoms with E-state index in [1.807, 2.05) is 55.5 Å². The van der Waals surface area contributed by atoms with E-state index in [1.165, 1.54) is 10.6 Å². The lowest BCUT2D eigenvalue weighted by atomic mass is 10.1. The number of amides is 1. The molecule has 8 heteroatoms. The summed E-state index contributed by atoms with van der Waals surface area (Å²) in [6, 6.07) is 21.9. The van der Waals surface area contributed by atoms with Gasteiger partial charge in [0, 0.05) is 27.8 Å². The molecule has 168 valence electrons. The van der Waals surface area contributed by atoms with Crippen LogP contribution >= 0.6 is 23.4 Å². The number of rotatable bonds is 9. The Morgan fingerprint density at radius 1 is 0.969 bits per heavy atom. The van der Waals surface area contributed by atoms with Gasteiger partial charge in [-0.2, -0.15) is 0 Å². The normalized spacial score (nSPS) is 11.2. The first-order valence-corrected chi connectivity index (χ1v) is 13.2. The van der Waals surface area contributed by atoms with Crippen molar-refractivity contribution >= 4 is 45.0 Å². The number of halogens is 1. The highest BCUT2D eigenvalue weighted by Crippen LogP contribution is 2.22. The molecule has 0 bridgehead atoms. The first kappa shape index (κ1) is 24.2. The molecular weight excluding hydrogens is 464 g/mol. The fraction of sp³-hybridized carbons (Fsp3) is 0.208. The van der Waals surface area contributed by atoms with Gasteiger partial charge in [-0.15, -0.1) is 11.8 Å². The lowest BCUT2D eigenvalue weighted by Crippen LogP contribution is -2.29. The van der Waals surface area contributed by atoms with Gasteiger partial charge in [0.2, 0.25) is 10.0 Å². The molecule has 0 aliphatic carbocycles. The highest BCUT2D eigenvalue weighted by molar-refractivity contribution is 7.99. The van der Waals surface area contributed by atoms with Gasteiger partial charge in [-0.05, 0) is 61.0 Å². The summed E-state index contributed by atoms with van der Waals surface area (Å²) in [5.41, 5.74) is 3.00. The number of anilines is 1. The standard InChI is InChI=1S/C24H25ClN2O3S2/c1-18-3-5-19(6-4-18)17-27(32(2,29)30)22-11-7-20(8-12-22)24(28)26-15-16-31-23-13-9-21(25)10-14-23/h3-14H,15-17H2,1-2H3,(H,26,28). The predicted octanol–water partition coefficient (Wildman–Crippen LogP) is 5.14. The Balaban J connectivity index is 1.59. The monoisotopic (exact) mass is 488 g/mol. The van der Waals surface area contributed by atoms with Crippen LogP contribution in [0.25, 0.3) is 0 Å². The maximum atomic E-state index is 12.4. The number of carbonyl (C=O) groups excluding carboxylic acids is 1. The number of carbonyl (C=O) groups is 1. The molecule has 0 aliphatic heterocycles. The summed E-state index contributed by atoms with van der Waals surface area (Å²) in [6.45, 7) is 2.72. The van der Waals surface area contributed by atoms with Crippen LogP contribution in [0.1, 0.15) is 21.5 Å². The molecule has 32 heavy (non-hydrogen) atoms. The Bertz CT molecular complexity index is 1150. The molecule has 0 unspecified atom stereocenters. The number of aryl methyl sites for hydroxylation is 1. The molecule has 0 aromatic heterocycles. The smallest absolute Gasteiger partial charge is 0.251 e. The molecule has 0 heterocycles. The molecule has 3 aromatic carbocycles. The van der Waals surface area contributed by atoms with Crippen molar-refractivity contribution in [3.63, 3.8) is 0 Å². The molecule has 3 aromatic rings. The molecule has 3 rings (SSSR count). The van der Waals surface area contributed by atoms with Gasteiger partial charge in [-0.3, -0.25) is 9.10 Å². The summed E-state index contributed by atoms with van der Waals surface area (Å²) in [6.07, 6.45) is 1.18. The summed E-state index contributed by atoms with van der Waals surface area (Å²) in [4.78, 5) is 13.5. The second kappa shape index (κ2) is 10.9. The van der Waals surface area contributed by atoms with Crippen molar-refractivity contribution in [3.05, 3.63) is 94.5 Å². The van der Waals surface area contributed by atoms with Gasteiger partial charge in [0.05, 0.1) is 18.5 Å².